The normalized spacial score (nSPS) is 31.1. The zero-order valence-electron chi connectivity index (χ0n) is 17.3. The minimum absolute atomic E-state index is 0.0228. The van der Waals surface area contributed by atoms with Crippen LogP contribution in [-0.4, -0.2) is 66.3 Å². The summed E-state index contributed by atoms with van der Waals surface area (Å²) in [4.78, 5) is 7.59. The Kier molecular flexibility index (Phi) is 4.82. The van der Waals surface area contributed by atoms with E-state index in [1.807, 2.05) is 6.21 Å². The maximum Gasteiger partial charge on any atom is 0.0802 e. The van der Waals surface area contributed by atoms with Gasteiger partial charge in [-0.05, 0) is 22.6 Å². The van der Waals surface area contributed by atoms with Crippen molar-refractivity contribution in [1.29, 1.82) is 0 Å². The van der Waals surface area contributed by atoms with Crippen LogP contribution in [0.5, 0.6) is 0 Å². The van der Waals surface area contributed by atoms with Crippen molar-refractivity contribution in [3.05, 3.63) is 71.3 Å². The molecule has 5 nitrogen and oxygen atoms in total. The van der Waals surface area contributed by atoms with Crippen LogP contribution in [0, 0.1) is 5.41 Å². The van der Waals surface area contributed by atoms with E-state index in [-0.39, 0.29) is 5.41 Å². The number of nitrogens with zero attached hydrogens (tertiary/aromatic N) is 5. The fourth-order valence-electron chi connectivity index (χ4n) is 5.13. The second-order valence-corrected chi connectivity index (χ2v) is 9.07. The van der Waals surface area contributed by atoms with Gasteiger partial charge in [-0.25, -0.2) is 0 Å². The molecule has 0 aromatic heterocycles. The highest BCUT2D eigenvalue weighted by Gasteiger charge is 2.51. The van der Waals surface area contributed by atoms with E-state index in [4.69, 9.17) is 5.10 Å². The average molecular weight is 388 g/mol. The summed E-state index contributed by atoms with van der Waals surface area (Å²) < 4.78 is 0. The van der Waals surface area contributed by atoms with Gasteiger partial charge in [-0.1, -0.05) is 68.4 Å². The molecule has 4 saturated heterocycles. The number of hydrogen-bond donors (Lipinski definition) is 0. The van der Waals surface area contributed by atoms with E-state index in [0.717, 1.165) is 50.9 Å². The summed E-state index contributed by atoms with van der Waals surface area (Å²) in [7, 11) is 0. The highest BCUT2D eigenvalue weighted by Crippen LogP contribution is 2.38. The highest BCUT2D eigenvalue weighted by atomic mass is 15.5. The second kappa shape index (κ2) is 7.48. The Morgan fingerprint density at radius 1 is 0.862 bits per heavy atom. The molecule has 150 valence electrons. The van der Waals surface area contributed by atoms with Crippen LogP contribution in [-0.2, 0) is 0 Å². The lowest BCUT2D eigenvalue weighted by Crippen LogP contribution is -2.74. The van der Waals surface area contributed by atoms with Gasteiger partial charge in [0.15, 0.2) is 0 Å². The molecule has 0 atom stereocenters. The largest absolute Gasteiger partial charge is 0.276 e. The molecule has 0 aliphatic carbocycles. The Morgan fingerprint density at radius 2 is 1.45 bits per heavy atom. The van der Waals surface area contributed by atoms with Gasteiger partial charge in [0, 0.05) is 19.6 Å². The summed E-state index contributed by atoms with van der Waals surface area (Å²) in [5.74, 6) is 0.541. The fourth-order valence-corrected chi connectivity index (χ4v) is 5.13. The van der Waals surface area contributed by atoms with Crippen LogP contribution in [0.1, 0.15) is 36.5 Å². The molecule has 0 amide bonds. The summed E-state index contributed by atoms with van der Waals surface area (Å²) in [5.41, 5.74) is 4.76. The van der Waals surface area contributed by atoms with Crippen molar-refractivity contribution in [3.8, 4) is 0 Å². The van der Waals surface area contributed by atoms with Gasteiger partial charge in [0.1, 0.15) is 0 Å². The maximum atomic E-state index is 4.84. The SMILES string of the molecule is CC(C)c1ccc(C=NN=C(c2ccccc2)C23CN4CN(CN(C4)C2)C3)cc1. The van der Waals surface area contributed by atoms with Crippen LogP contribution in [0.2, 0.25) is 0 Å². The standard InChI is InChI=1S/C24H29N5/c1-19(2)21-10-8-20(9-11-21)12-25-26-23(22-6-4-3-5-7-22)24-13-27-16-28(14-24)18-29(15-24)17-27/h3-12,19H,13-18H2,1-2H3. The molecule has 0 saturated carbocycles. The Hall–Kier alpha value is -2.34. The van der Waals surface area contributed by atoms with Crippen LogP contribution < -0.4 is 0 Å². The van der Waals surface area contributed by atoms with Gasteiger partial charge in [-0.2, -0.15) is 10.2 Å². The molecule has 2 aromatic rings. The van der Waals surface area contributed by atoms with Crippen molar-refractivity contribution in [2.24, 2.45) is 15.6 Å². The lowest BCUT2D eigenvalue weighted by atomic mass is 9.74. The van der Waals surface area contributed by atoms with Crippen LogP contribution in [0.3, 0.4) is 0 Å². The van der Waals surface area contributed by atoms with E-state index in [0.29, 0.717) is 5.92 Å². The van der Waals surface area contributed by atoms with Gasteiger partial charge < -0.3 is 0 Å². The highest BCUT2D eigenvalue weighted by molar-refractivity contribution is 6.05. The van der Waals surface area contributed by atoms with Gasteiger partial charge in [-0.15, -0.1) is 0 Å². The molecule has 29 heavy (non-hydrogen) atoms. The predicted molar refractivity (Wildman–Crippen MR) is 118 cm³/mol. The molecular weight excluding hydrogens is 358 g/mol. The first-order valence-electron chi connectivity index (χ1n) is 10.6. The second-order valence-electron chi connectivity index (χ2n) is 9.07. The topological polar surface area (TPSA) is 34.4 Å². The first-order valence-corrected chi connectivity index (χ1v) is 10.6. The van der Waals surface area contributed by atoms with Crippen LogP contribution >= 0.6 is 0 Å². The average Bonchev–Trinajstić information content (AvgIpc) is 2.71. The van der Waals surface area contributed by atoms with Gasteiger partial charge in [0.05, 0.1) is 37.3 Å². The zero-order valence-corrected chi connectivity index (χ0v) is 17.3. The third-order valence-electron chi connectivity index (χ3n) is 6.30. The molecule has 0 spiro atoms. The van der Waals surface area contributed by atoms with E-state index < -0.39 is 0 Å². The molecular formula is C24H29N5. The summed E-state index contributed by atoms with van der Waals surface area (Å²) in [6.07, 6.45) is 1.88. The Balaban J connectivity index is 1.47. The monoisotopic (exact) mass is 387 g/mol. The lowest BCUT2D eigenvalue weighted by molar-refractivity contribution is -0.149. The third-order valence-corrected chi connectivity index (χ3v) is 6.30. The molecule has 0 radical (unpaired) electrons. The van der Waals surface area contributed by atoms with Gasteiger partial charge in [0.2, 0.25) is 0 Å². The molecule has 4 fully saturated rings. The van der Waals surface area contributed by atoms with Crippen LogP contribution in [0.25, 0.3) is 0 Å². The number of benzene rings is 2. The van der Waals surface area contributed by atoms with Crippen molar-refractivity contribution < 1.29 is 0 Å². The summed E-state index contributed by atoms with van der Waals surface area (Å²) >= 11 is 0. The smallest absolute Gasteiger partial charge is 0.0802 e. The molecule has 0 N–H and O–H groups in total. The molecule has 0 unspecified atom stereocenters. The molecule has 4 bridgehead atoms. The Morgan fingerprint density at radius 3 is 2.00 bits per heavy atom. The van der Waals surface area contributed by atoms with E-state index in [1.54, 1.807) is 0 Å². The first-order chi connectivity index (χ1) is 14.1. The van der Waals surface area contributed by atoms with Crippen molar-refractivity contribution in [2.45, 2.75) is 19.8 Å². The van der Waals surface area contributed by atoms with Crippen molar-refractivity contribution in [1.82, 2.24) is 14.7 Å². The van der Waals surface area contributed by atoms with Gasteiger partial charge in [-0.3, -0.25) is 14.7 Å². The zero-order chi connectivity index (χ0) is 19.8. The summed E-state index contributed by atoms with van der Waals surface area (Å²) in [5, 5.41) is 9.40. The van der Waals surface area contributed by atoms with E-state index in [2.05, 4.69) is 88.2 Å². The van der Waals surface area contributed by atoms with Crippen molar-refractivity contribution >= 4 is 11.9 Å². The molecule has 4 aliphatic heterocycles. The van der Waals surface area contributed by atoms with E-state index in [1.165, 1.54) is 11.1 Å². The molecule has 5 heteroatoms. The molecule has 4 heterocycles. The minimum Gasteiger partial charge on any atom is -0.276 e. The first kappa shape index (κ1) is 18.7. The van der Waals surface area contributed by atoms with Crippen molar-refractivity contribution in [2.75, 3.05) is 39.6 Å². The van der Waals surface area contributed by atoms with E-state index in [9.17, 15) is 0 Å². The summed E-state index contributed by atoms with van der Waals surface area (Å²) in [6, 6.07) is 19.2. The Labute approximate surface area is 173 Å². The number of hydrogen-bond acceptors (Lipinski definition) is 5. The van der Waals surface area contributed by atoms with E-state index >= 15 is 0 Å². The van der Waals surface area contributed by atoms with Crippen LogP contribution in [0.15, 0.2) is 64.8 Å². The Bertz CT molecular complexity index is 879. The van der Waals surface area contributed by atoms with Crippen molar-refractivity contribution in [3.63, 3.8) is 0 Å². The number of rotatable bonds is 5. The quantitative estimate of drug-likeness (QED) is 0.582. The molecule has 2 aromatic carbocycles. The molecule has 6 rings (SSSR count). The maximum absolute atomic E-state index is 4.84. The lowest BCUT2D eigenvalue weighted by Gasteiger charge is -2.60. The fraction of sp³-hybridized carbons (Fsp3) is 0.417. The predicted octanol–water partition coefficient (Wildman–Crippen LogP) is 3.44. The molecule has 4 aliphatic rings. The van der Waals surface area contributed by atoms with Gasteiger partial charge in [0.25, 0.3) is 0 Å². The van der Waals surface area contributed by atoms with Gasteiger partial charge >= 0.3 is 0 Å². The summed E-state index contributed by atoms with van der Waals surface area (Å²) in [6.45, 7) is 10.8. The minimum atomic E-state index is 0.0228. The van der Waals surface area contributed by atoms with Crippen LogP contribution in [0.4, 0.5) is 0 Å². The third kappa shape index (κ3) is 3.66.